The fourth-order valence-electron chi connectivity index (χ4n) is 0.179. The Kier molecular flexibility index (Phi) is 4.16. The van der Waals surface area contributed by atoms with Crippen molar-refractivity contribution in [1.29, 1.82) is 0 Å². The second kappa shape index (κ2) is 4.08. The lowest BCUT2D eigenvalue weighted by atomic mass is 10.6. The maximum absolute atomic E-state index is 8.20. The first-order valence-corrected chi connectivity index (χ1v) is 2.81. The molecule has 0 saturated carbocycles. The fraction of sp³-hybridized carbons (Fsp3) is 0.667. The molecule has 0 saturated heterocycles. The van der Waals surface area contributed by atoms with E-state index >= 15 is 0 Å². The highest BCUT2D eigenvalue weighted by Gasteiger charge is 1.93. The molecule has 48 valence electrons. The number of hydrogen-bond acceptors (Lipinski definition) is 3. The Morgan fingerprint density at radius 3 is 2.38 bits per heavy atom. The molecule has 0 rings (SSSR count). The molecule has 0 aliphatic carbocycles. The summed E-state index contributed by atoms with van der Waals surface area (Å²) in [6.45, 7) is 0.0301. The molecule has 0 fully saturated rings. The van der Waals surface area contributed by atoms with Crippen LogP contribution in [0.4, 0.5) is 0 Å². The van der Waals surface area contributed by atoms with Crippen molar-refractivity contribution in [2.24, 2.45) is 0 Å². The predicted octanol–water partition coefficient (Wildman–Crippen LogP) is -0.899. The van der Waals surface area contributed by atoms with Crippen molar-refractivity contribution in [3.05, 3.63) is 0 Å². The minimum absolute atomic E-state index is 0.0301. The molecule has 0 bridgehead atoms. The summed E-state index contributed by atoms with van der Waals surface area (Å²) in [4.78, 5) is 0. The van der Waals surface area contributed by atoms with Crippen LogP contribution in [0.3, 0.4) is 0 Å². The molecule has 8 heavy (non-hydrogen) atoms. The van der Waals surface area contributed by atoms with Crippen LogP contribution in [0.2, 0.25) is 0 Å². The van der Waals surface area contributed by atoms with Crippen LogP contribution in [-0.2, 0) is 0 Å². The molecule has 0 aliphatic rings. The topological polar surface area (TPSA) is 52.5 Å². The fourth-order valence-corrected chi connectivity index (χ4v) is 0.353. The zero-order chi connectivity index (χ0) is 6.57. The third kappa shape index (κ3) is 6.16. The van der Waals surface area contributed by atoms with Crippen LogP contribution in [0, 0.1) is 0 Å². The van der Waals surface area contributed by atoms with Crippen LogP contribution >= 0.6 is 24.8 Å². The van der Waals surface area contributed by atoms with Crippen LogP contribution in [0.5, 0.6) is 0 Å². The van der Waals surface area contributed by atoms with E-state index in [1.54, 1.807) is 0 Å². The molecule has 0 aromatic carbocycles. The van der Waals surface area contributed by atoms with Gasteiger partial charge in [0.05, 0.1) is 6.54 Å². The van der Waals surface area contributed by atoms with E-state index < -0.39 is 6.29 Å². The quantitative estimate of drug-likeness (QED) is 0.236. The highest BCUT2D eigenvalue weighted by molar-refractivity contribution is 8.11. The van der Waals surface area contributed by atoms with E-state index in [2.05, 4.69) is 30.2 Å². The molecule has 0 heterocycles. The Balaban J connectivity index is 3.05. The summed E-state index contributed by atoms with van der Waals surface area (Å²) in [5.74, 6) is 0. The monoisotopic (exact) mass is 153 g/mol. The van der Waals surface area contributed by atoms with Crippen molar-refractivity contribution < 1.29 is 10.2 Å². The molecular weight excluding hydrogens is 146 g/mol. The Hall–Kier alpha value is 0.160. The summed E-state index contributed by atoms with van der Waals surface area (Å²) in [5, 5.41) is 18.8. The zero-order valence-corrected chi connectivity index (χ0v) is 5.75. The molecule has 0 aliphatic heterocycles. The average molecular weight is 153 g/mol. The van der Waals surface area contributed by atoms with Gasteiger partial charge >= 0.3 is 0 Å². The van der Waals surface area contributed by atoms with Crippen LogP contribution in [0.1, 0.15) is 0 Å². The molecule has 0 spiro atoms. The van der Waals surface area contributed by atoms with Crippen LogP contribution in [0.25, 0.3) is 0 Å². The summed E-state index contributed by atoms with van der Waals surface area (Å²) in [5.41, 5.74) is 0. The van der Waals surface area contributed by atoms with Gasteiger partial charge in [0.2, 0.25) is 0 Å². The lowest BCUT2D eigenvalue weighted by Crippen LogP contribution is -2.27. The summed E-state index contributed by atoms with van der Waals surface area (Å²) >= 11 is 8.12. The van der Waals surface area contributed by atoms with E-state index in [0.29, 0.717) is 0 Å². The maximum Gasteiger partial charge on any atom is 0.169 e. The molecular formula is C3H7NO2S2. The van der Waals surface area contributed by atoms with Gasteiger partial charge in [-0.1, -0.05) is 12.2 Å². The van der Waals surface area contributed by atoms with Gasteiger partial charge in [-0.25, -0.2) is 0 Å². The number of aliphatic hydroxyl groups is 2. The summed E-state index contributed by atoms with van der Waals surface area (Å²) in [6.07, 6.45) is -1.36. The third-order valence-electron chi connectivity index (χ3n) is 0.436. The first kappa shape index (κ1) is 8.16. The van der Waals surface area contributed by atoms with Crippen molar-refractivity contribution in [1.82, 2.24) is 5.32 Å². The Morgan fingerprint density at radius 2 is 2.25 bits per heavy atom. The molecule has 0 radical (unpaired) electrons. The average Bonchev–Trinajstić information content (AvgIpc) is 1.61. The first-order valence-electron chi connectivity index (χ1n) is 1.96. The Labute approximate surface area is 58.1 Å². The van der Waals surface area contributed by atoms with Gasteiger partial charge in [-0.15, -0.1) is 12.6 Å². The smallest absolute Gasteiger partial charge is 0.169 e. The summed E-state index contributed by atoms with van der Waals surface area (Å²) in [7, 11) is 0. The molecule has 0 atom stereocenters. The molecule has 0 aromatic heterocycles. The molecule has 0 amide bonds. The first-order chi connectivity index (χ1) is 3.63. The third-order valence-corrected chi connectivity index (χ3v) is 0.738. The van der Waals surface area contributed by atoms with Gasteiger partial charge in [-0.2, -0.15) is 0 Å². The van der Waals surface area contributed by atoms with Crippen molar-refractivity contribution in [3.63, 3.8) is 0 Å². The van der Waals surface area contributed by atoms with Gasteiger partial charge in [0.1, 0.15) is 4.32 Å². The van der Waals surface area contributed by atoms with Crippen molar-refractivity contribution in [2.45, 2.75) is 6.29 Å². The SMILES string of the molecule is OC(O)CNC(=S)S. The number of hydrogen-bond donors (Lipinski definition) is 4. The van der Waals surface area contributed by atoms with Gasteiger partial charge in [-0.3, -0.25) is 0 Å². The molecule has 0 aromatic rings. The second-order valence-electron chi connectivity index (χ2n) is 1.17. The second-order valence-corrected chi connectivity index (χ2v) is 2.32. The van der Waals surface area contributed by atoms with Crippen LogP contribution in [0.15, 0.2) is 0 Å². The summed E-state index contributed by atoms with van der Waals surface area (Å²) < 4.78 is 0.262. The van der Waals surface area contributed by atoms with E-state index in [4.69, 9.17) is 10.2 Å². The highest BCUT2D eigenvalue weighted by Crippen LogP contribution is 1.77. The van der Waals surface area contributed by atoms with Crippen molar-refractivity contribution >= 4 is 29.2 Å². The number of nitrogens with one attached hydrogen (secondary N) is 1. The molecule has 0 unspecified atom stereocenters. The van der Waals surface area contributed by atoms with Crippen molar-refractivity contribution in [2.75, 3.05) is 6.54 Å². The van der Waals surface area contributed by atoms with Gasteiger partial charge in [-0.05, 0) is 0 Å². The van der Waals surface area contributed by atoms with E-state index in [1.807, 2.05) is 0 Å². The van der Waals surface area contributed by atoms with E-state index in [1.165, 1.54) is 0 Å². The van der Waals surface area contributed by atoms with E-state index in [9.17, 15) is 0 Å². The van der Waals surface area contributed by atoms with E-state index in [0.717, 1.165) is 0 Å². The number of aliphatic hydroxyl groups excluding tert-OH is 1. The largest absolute Gasteiger partial charge is 0.367 e. The highest BCUT2D eigenvalue weighted by atomic mass is 32.1. The Bertz CT molecular complexity index is 85.4. The minimum atomic E-state index is -1.36. The normalized spacial score (nSPS) is 9.50. The van der Waals surface area contributed by atoms with E-state index in [-0.39, 0.29) is 10.9 Å². The van der Waals surface area contributed by atoms with Gasteiger partial charge in [0.25, 0.3) is 0 Å². The minimum Gasteiger partial charge on any atom is -0.367 e. The molecule has 3 N–H and O–H groups in total. The summed E-state index contributed by atoms with van der Waals surface area (Å²) in [6, 6.07) is 0. The van der Waals surface area contributed by atoms with Gasteiger partial charge in [0, 0.05) is 0 Å². The van der Waals surface area contributed by atoms with Crippen LogP contribution in [-0.4, -0.2) is 27.4 Å². The van der Waals surface area contributed by atoms with Gasteiger partial charge in [0.15, 0.2) is 6.29 Å². The Morgan fingerprint density at radius 1 is 1.75 bits per heavy atom. The van der Waals surface area contributed by atoms with Gasteiger partial charge < -0.3 is 15.5 Å². The standard InChI is InChI=1S/C3H7NO2S2/c5-2(6)1-4-3(7)8/h2,5-6H,1H2,(H2,4,7,8). The number of thiocarbonyl (C=S) groups is 1. The zero-order valence-electron chi connectivity index (χ0n) is 4.03. The predicted molar refractivity (Wildman–Crippen MR) is 37.8 cm³/mol. The number of thiol groups is 1. The molecule has 3 nitrogen and oxygen atoms in total. The maximum atomic E-state index is 8.20. The van der Waals surface area contributed by atoms with Crippen LogP contribution < -0.4 is 5.32 Å². The molecule has 5 heteroatoms. The number of rotatable bonds is 2. The lowest BCUT2D eigenvalue weighted by molar-refractivity contribution is -0.0339. The van der Waals surface area contributed by atoms with Crippen molar-refractivity contribution in [3.8, 4) is 0 Å². The lowest BCUT2D eigenvalue weighted by Gasteiger charge is -2.02.